The zero-order valence-corrected chi connectivity index (χ0v) is 17.8. The lowest BCUT2D eigenvalue weighted by Gasteiger charge is -2.28. The normalized spacial score (nSPS) is 11.7. The summed E-state index contributed by atoms with van der Waals surface area (Å²) in [5.41, 5.74) is 2.39. The molecule has 1 unspecified atom stereocenters. The minimum Gasteiger partial charge on any atom is -0.355 e. The van der Waals surface area contributed by atoms with Crippen molar-refractivity contribution in [1.82, 2.24) is 10.2 Å². The standard InChI is InChI=1S/C23H30N2O2S/c1-4-24-23(27)19(3)25(16-14-20-8-6-5-7-9-20)22(26)15-17-28-21-12-10-18(2)11-13-21/h5-13,19H,4,14-17H2,1-3H3,(H,24,27). The van der Waals surface area contributed by atoms with Crippen molar-refractivity contribution in [2.45, 2.75) is 44.6 Å². The molecule has 0 aliphatic heterocycles. The number of aryl methyl sites for hydroxylation is 1. The average Bonchev–Trinajstić information content (AvgIpc) is 2.70. The van der Waals surface area contributed by atoms with Crippen LogP contribution in [0.5, 0.6) is 0 Å². The first kappa shape index (κ1) is 22.0. The molecule has 0 spiro atoms. The van der Waals surface area contributed by atoms with E-state index in [1.807, 2.05) is 37.3 Å². The summed E-state index contributed by atoms with van der Waals surface area (Å²) in [5.74, 6) is 0.621. The first-order valence-electron chi connectivity index (χ1n) is 9.81. The molecule has 0 saturated carbocycles. The molecule has 0 aliphatic carbocycles. The number of hydrogen-bond donors (Lipinski definition) is 1. The Kier molecular flexibility index (Phi) is 9.08. The predicted molar refractivity (Wildman–Crippen MR) is 117 cm³/mol. The second-order valence-corrected chi connectivity index (χ2v) is 7.97. The van der Waals surface area contributed by atoms with Crippen LogP contribution in [0.2, 0.25) is 0 Å². The number of rotatable bonds is 10. The largest absolute Gasteiger partial charge is 0.355 e. The van der Waals surface area contributed by atoms with Gasteiger partial charge in [-0.25, -0.2) is 0 Å². The molecule has 0 heterocycles. The Morgan fingerprint density at radius 2 is 1.75 bits per heavy atom. The molecule has 0 bridgehead atoms. The Balaban J connectivity index is 1.96. The van der Waals surface area contributed by atoms with E-state index in [1.165, 1.54) is 5.56 Å². The van der Waals surface area contributed by atoms with Crippen molar-refractivity contribution >= 4 is 23.6 Å². The third-order valence-corrected chi connectivity index (χ3v) is 5.62. The van der Waals surface area contributed by atoms with Crippen LogP contribution in [0.15, 0.2) is 59.5 Å². The second kappa shape index (κ2) is 11.5. The summed E-state index contributed by atoms with van der Waals surface area (Å²) >= 11 is 1.67. The first-order valence-corrected chi connectivity index (χ1v) is 10.8. The molecule has 1 atom stereocenters. The number of benzene rings is 2. The molecule has 4 nitrogen and oxygen atoms in total. The highest BCUT2D eigenvalue weighted by Gasteiger charge is 2.25. The van der Waals surface area contributed by atoms with E-state index in [-0.39, 0.29) is 11.8 Å². The lowest BCUT2D eigenvalue weighted by Crippen LogP contribution is -2.48. The Bertz CT molecular complexity index is 747. The molecule has 0 fully saturated rings. The molecule has 2 rings (SSSR count). The second-order valence-electron chi connectivity index (χ2n) is 6.80. The summed E-state index contributed by atoms with van der Waals surface area (Å²) in [5, 5.41) is 2.83. The van der Waals surface area contributed by atoms with E-state index < -0.39 is 6.04 Å². The maximum Gasteiger partial charge on any atom is 0.242 e. The zero-order chi connectivity index (χ0) is 20.4. The number of amides is 2. The molecule has 2 amide bonds. The van der Waals surface area contributed by atoms with Crippen molar-refractivity contribution in [2.24, 2.45) is 0 Å². The maximum atomic E-state index is 12.9. The SMILES string of the molecule is CCNC(=O)C(C)N(CCc1ccccc1)C(=O)CCSc1ccc(C)cc1. The van der Waals surface area contributed by atoms with E-state index in [2.05, 4.69) is 36.5 Å². The van der Waals surface area contributed by atoms with Crippen molar-refractivity contribution in [2.75, 3.05) is 18.8 Å². The number of thioether (sulfide) groups is 1. The summed E-state index contributed by atoms with van der Waals surface area (Å²) in [6.45, 7) is 6.86. The molecule has 5 heteroatoms. The van der Waals surface area contributed by atoms with E-state index in [0.717, 1.165) is 16.9 Å². The highest BCUT2D eigenvalue weighted by molar-refractivity contribution is 7.99. The maximum absolute atomic E-state index is 12.9. The van der Waals surface area contributed by atoms with Crippen molar-refractivity contribution in [1.29, 1.82) is 0 Å². The van der Waals surface area contributed by atoms with Crippen LogP contribution < -0.4 is 5.32 Å². The van der Waals surface area contributed by atoms with E-state index in [0.29, 0.717) is 25.3 Å². The first-order chi connectivity index (χ1) is 13.5. The molecule has 0 aliphatic rings. The highest BCUT2D eigenvalue weighted by Crippen LogP contribution is 2.20. The van der Waals surface area contributed by atoms with Crippen molar-refractivity contribution in [3.63, 3.8) is 0 Å². The van der Waals surface area contributed by atoms with Gasteiger partial charge in [0, 0.05) is 30.2 Å². The van der Waals surface area contributed by atoms with Gasteiger partial charge in [0.2, 0.25) is 11.8 Å². The Hall–Kier alpha value is -2.27. The molecule has 1 N–H and O–H groups in total. The predicted octanol–water partition coefficient (Wildman–Crippen LogP) is 4.07. The summed E-state index contributed by atoms with van der Waals surface area (Å²) in [6, 6.07) is 17.9. The van der Waals surface area contributed by atoms with Crippen LogP contribution in [0, 0.1) is 6.92 Å². The monoisotopic (exact) mass is 398 g/mol. The molecule has 150 valence electrons. The number of nitrogens with zero attached hydrogens (tertiary/aromatic N) is 1. The average molecular weight is 399 g/mol. The topological polar surface area (TPSA) is 49.4 Å². The molecule has 2 aromatic rings. The minimum absolute atomic E-state index is 0.0225. The summed E-state index contributed by atoms with van der Waals surface area (Å²) in [6.07, 6.45) is 1.15. The van der Waals surface area contributed by atoms with Gasteiger partial charge in [0.1, 0.15) is 6.04 Å². The van der Waals surface area contributed by atoms with Crippen LogP contribution in [0.4, 0.5) is 0 Å². The van der Waals surface area contributed by atoms with Gasteiger partial charge in [-0.1, -0.05) is 48.0 Å². The van der Waals surface area contributed by atoms with Crippen LogP contribution in [0.25, 0.3) is 0 Å². The number of likely N-dealkylation sites (N-methyl/N-ethyl adjacent to an activating group) is 1. The zero-order valence-electron chi connectivity index (χ0n) is 17.0. The fraction of sp³-hybridized carbons (Fsp3) is 0.391. The number of carbonyl (C=O) groups excluding carboxylic acids is 2. The molecular weight excluding hydrogens is 368 g/mol. The lowest BCUT2D eigenvalue weighted by molar-refractivity contribution is -0.139. The smallest absolute Gasteiger partial charge is 0.242 e. The fourth-order valence-corrected chi connectivity index (χ4v) is 3.77. The van der Waals surface area contributed by atoms with Crippen LogP contribution in [0.1, 0.15) is 31.4 Å². The Labute approximate surface area is 172 Å². The van der Waals surface area contributed by atoms with Gasteiger partial charge in [-0.15, -0.1) is 11.8 Å². The van der Waals surface area contributed by atoms with Gasteiger partial charge in [-0.05, 0) is 44.9 Å². The van der Waals surface area contributed by atoms with Crippen molar-refractivity contribution in [3.8, 4) is 0 Å². The van der Waals surface area contributed by atoms with Crippen LogP contribution in [-0.2, 0) is 16.0 Å². The van der Waals surface area contributed by atoms with Gasteiger partial charge in [-0.3, -0.25) is 9.59 Å². The van der Waals surface area contributed by atoms with Crippen molar-refractivity contribution in [3.05, 3.63) is 65.7 Å². The van der Waals surface area contributed by atoms with Gasteiger partial charge in [0.25, 0.3) is 0 Å². The highest BCUT2D eigenvalue weighted by atomic mass is 32.2. The molecular formula is C23H30N2O2S. The van der Waals surface area contributed by atoms with E-state index in [9.17, 15) is 9.59 Å². The van der Waals surface area contributed by atoms with Gasteiger partial charge in [0.05, 0.1) is 0 Å². The van der Waals surface area contributed by atoms with E-state index >= 15 is 0 Å². The van der Waals surface area contributed by atoms with Crippen molar-refractivity contribution < 1.29 is 9.59 Å². The summed E-state index contributed by atoms with van der Waals surface area (Å²) in [4.78, 5) is 28.1. The van der Waals surface area contributed by atoms with Crippen LogP contribution in [-0.4, -0.2) is 41.6 Å². The minimum atomic E-state index is -0.472. The quantitative estimate of drug-likeness (QED) is 0.614. The fourth-order valence-electron chi connectivity index (χ4n) is 2.93. The van der Waals surface area contributed by atoms with Gasteiger partial charge >= 0.3 is 0 Å². The molecule has 0 radical (unpaired) electrons. The van der Waals surface area contributed by atoms with Crippen LogP contribution >= 0.6 is 11.8 Å². The molecule has 0 aromatic heterocycles. The number of hydrogen-bond acceptors (Lipinski definition) is 3. The summed E-state index contributed by atoms with van der Waals surface area (Å²) in [7, 11) is 0. The van der Waals surface area contributed by atoms with E-state index in [1.54, 1.807) is 23.6 Å². The third kappa shape index (κ3) is 7.04. The lowest BCUT2D eigenvalue weighted by atomic mass is 10.1. The molecule has 28 heavy (non-hydrogen) atoms. The summed E-state index contributed by atoms with van der Waals surface area (Å²) < 4.78 is 0. The Morgan fingerprint density at radius 1 is 1.07 bits per heavy atom. The van der Waals surface area contributed by atoms with Gasteiger partial charge in [0.15, 0.2) is 0 Å². The van der Waals surface area contributed by atoms with Gasteiger partial charge in [-0.2, -0.15) is 0 Å². The van der Waals surface area contributed by atoms with Gasteiger partial charge < -0.3 is 10.2 Å². The number of nitrogens with one attached hydrogen (secondary N) is 1. The number of carbonyl (C=O) groups is 2. The molecule has 0 saturated heterocycles. The van der Waals surface area contributed by atoms with E-state index in [4.69, 9.17) is 0 Å². The van der Waals surface area contributed by atoms with Crippen LogP contribution in [0.3, 0.4) is 0 Å². The third-order valence-electron chi connectivity index (χ3n) is 4.61. The molecule has 2 aromatic carbocycles. The Morgan fingerprint density at radius 3 is 2.39 bits per heavy atom.